The van der Waals surface area contributed by atoms with E-state index < -0.39 is 104 Å². The van der Waals surface area contributed by atoms with E-state index in [4.69, 9.17) is 15.3 Å². The summed E-state index contributed by atoms with van der Waals surface area (Å²) >= 11 is 0. The summed E-state index contributed by atoms with van der Waals surface area (Å²) in [7, 11) is 0. The molecule has 0 heterocycles. The molecule has 0 aliphatic carbocycles. The Kier molecular flexibility index (Phi) is 12.2. The van der Waals surface area contributed by atoms with Crippen molar-refractivity contribution in [3.8, 4) is 0 Å². The van der Waals surface area contributed by atoms with E-state index in [9.17, 15) is 119 Å². The van der Waals surface area contributed by atoms with Crippen molar-refractivity contribution in [2.45, 2.75) is 78.4 Å². The standard InChI is InChI=1S/C17H9F27O6/c18-4(1-45,8(21,22)12(30,31)32)48-15(39,40)7(11(27,28)29,16(41,42)49-5(19,2-46)9(23,24)13(33,34)35)17(43,44)50-6(20,3-47)10(25,26)14(36,37)38/h45-47H,1-3H2. The first-order valence-corrected chi connectivity index (χ1v) is 10.8. The van der Waals surface area contributed by atoms with Crippen molar-refractivity contribution < 1.29 is 148 Å². The number of halogens is 27. The largest absolute Gasteiger partial charge is 0.459 e. The SMILES string of the molecule is OCC(F)(OC(F)(F)C(C(F)(F)F)(C(F)(F)OC(F)(CO)C(F)(F)C(F)(F)F)C(F)(F)OC(F)(CO)C(F)(F)C(F)(F)F)C(F)(F)C(F)(F)F. The van der Waals surface area contributed by atoms with Gasteiger partial charge in [0.25, 0.3) is 0 Å². The zero-order valence-corrected chi connectivity index (χ0v) is 21.9. The Morgan fingerprint density at radius 3 is 0.540 bits per heavy atom. The smallest absolute Gasteiger partial charge is 0.390 e. The predicted molar refractivity (Wildman–Crippen MR) is 92.4 cm³/mol. The first kappa shape index (κ1) is 47.9. The molecule has 0 radical (unpaired) electrons. The number of aliphatic hydroxyl groups excluding tert-OH is 3. The molecule has 0 bridgehead atoms. The van der Waals surface area contributed by atoms with Crippen molar-refractivity contribution in [3.63, 3.8) is 0 Å². The van der Waals surface area contributed by atoms with Crippen LogP contribution in [0.5, 0.6) is 0 Å². The highest BCUT2D eigenvalue weighted by Crippen LogP contribution is 2.70. The summed E-state index contributed by atoms with van der Waals surface area (Å²) in [5.41, 5.74) is -9.85. The third-order valence-electron chi connectivity index (χ3n) is 5.69. The van der Waals surface area contributed by atoms with Gasteiger partial charge in [-0.2, -0.15) is 105 Å². The summed E-state index contributed by atoms with van der Waals surface area (Å²) in [6.07, 6.45) is -61.6. The number of alkyl halides is 27. The molecule has 0 aromatic carbocycles. The van der Waals surface area contributed by atoms with Crippen molar-refractivity contribution in [1.29, 1.82) is 0 Å². The maximum absolute atomic E-state index is 14.9. The third kappa shape index (κ3) is 7.00. The van der Waals surface area contributed by atoms with Gasteiger partial charge in [-0.15, -0.1) is 0 Å². The first-order chi connectivity index (χ1) is 21.3. The fraction of sp³-hybridized carbons (Fsp3) is 1.00. The van der Waals surface area contributed by atoms with Crippen LogP contribution in [-0.2, 0) is 14.2 Å². The van der Waals surface area contributed by atoms with Crippen molar-refractivity contribution in [2.75, 3.05) is 19.8 Å². The number of ether oxygens (including phenoxy) is 3. The number of hydrogen-bond acceptors (Lipinski definition) is 6. The average molecular weight is 822 g/mol. The molecule has 0 spiro atoms. The minimum atomic E-state index is -9.85. The van der Waals surface area contributed by atoms with E-state index in [1.54, 1.807) is 0 Å². The van der Waals surface area contributed by atoms with Crippen molar-refractivity contribution in [2.24, 2.45) is 5.41 Å². The Labute approximate surface area is 253 Å². The normalized spacial score (nSPS) is 20.5. The molecule has 50 heavy (non-hydrogen) atoms. The van der Waals surface area contributed by atoms with Gasteiger partial charge in [0.1, 0.15) is 19.8 Å². The Morgan fingerprint density at radius 2 is 0.440 bits per heavy atom. The molecule has 0 aliphatic rings. The van der Waals surface area contributed by atoms with Gasteiger partial charge < -0.3 is 15.3 Å². The lowest BCUT2D eigenvalue weighted by Crippen LogP contribution is -2.78. The van der Waals surface area contributed by atoms with Gasteiger partial charge in [-0.1, -0.05) is 0 Å². The van der Waals surface area contributed by atoms with Crippen LogP contribution in [0.15, 0.2) is 0 Å². The monoisotopic (exact) mass is 822 g/mol. The fourth-order valence-corrected chi connectivity index (χ4v) is 3.06. The highest BCUT2D eigenvalue weighted by Gasteiger charge is 2.98. The first-order valence-electron chi connectivity index (χ1n) is 10.8. The molecule has 3 N–H and O–H groups in total. The lowest BCUT2D eigenvalue weighted by atomic mass is 9.81. The number of aliphatic hydroxyl groups is 3. The van der Waals surface area contributed by atoms with Crippen LogP contribution < -0.4 is 0 Å². The van der Waals surface area contributed by atoms with E-state index >= 15 is 0 Å². The van der Waals surface area contributed by atoms with E-state index in [0.29, 0.717) is 0 Å². The van der Waals surface area contributed by atoms with Gasteiger partial charge in [0.05, 0.1) is 0 Å². The molecule has 3 atom stereocenters. The Bertz CT molecular complexity index is 1040. The zero-order valence-electron chi connectivity index (χ0n) is 21.9. The third-order valence-corrected chi connectivity index (χ3v) is 5.69. The minimum Gasteiger partial charge on any atom is -0.390 e. The molecule has 0 aromatic rings. The molecule has 3 unspecified atom stereocenters. The summed E-state index contributed by atoms with van der Waals surface area (Å²) in [6, 6.07) is 0. The molecule has 6 nitrogen and oxygen atoms in total. The van der Waals surface area contributed by atoms with E-state index in [2.05, 4.69) is 0 Å². The van der Waals surface area contributed by atoms with Gasteiger partial charge in [0, 0.05) is 0 Å². The summed E-state index contributed by atoms with van der Waals surface area (Å²) in [6.45, 7) is -13.1. The Hall–Kier alpha value is -2.13. The van der Waals surface area contributed by atoms with Crippen LogP contribution in [-0.4, -0.2) is 114 Å². The minimum absolute atomic E-state index is 1.38. The van der Waals surface area contributed by atoms with Crippen LogP contribution in [0, 0.1) is 5.41 Å². The summed E-state index contributed by atoms with van der Waals surface area (Å²) in [5.74, 6) is -47.6. The quantitative estimate of drug-likeness (QED) is 0.156. The molecular weight excluding hydrogens is 813 g/mol. The highest BCUT2D eigenvalue weighted by molar-refractivity contribution is 5.10. The maximum atomic E-state index is 14.9. The van der Waals surface area contributed by atoms with E-state index in [-0.39, 0.29) is 0 Å². The van der Waals surface area contributed by atoms with Gasteiger partial charge in [0.15, 0.2) is 0 Å². The second-order valence-electron chi connectivity index (χ2n) is 8.98. The highest BCUT2D eigenvalue weighted by atomic mass is 19.4. The molecule has 0 saturated carbocycles. The summed E-state index contributed by atoms with van der Waals surface area (Å²) < 4.78 is 373. The van der Waals surface area contributed by atoms with E-state index in [1.807, 2.05) is 0 Å². The van der Waals surface area contributed by atoms with E-state index in [1.165, 1.54) is 14.2 Å². The number of hydrogen-bond donors (Lipinski definition) is 3. The van der Waals surface area contributed by atoms with Gasteiger partial charge >= 0.3 is 83.8 Å². The van der Waals surface area contributed by atoms with Crippen LogP contribution in [0.25, 0.3) is 0 Å². The molecule has 33 heteroatoms. The molecule has 302 valence electrons. The van der Waals surface area contributed by atoms with Crippen molar-refractivity contribution >= 4 is 0 Å². The number of rotatable bonds is 15. The van der Waals surface area contributed by atoms with Crippen LogP contribution in [0.2, 0.25) is 0 Å². The molecule has 0 saturated heterocycles. The lowest BCUT2D eigenvalue weighted by Gasteiger charge is -2.51. The van der Waals surface area contributed by atoms with Gasteiger partial charge in [-0.05, 0) is 0 Å². The van der Waals surface area contributed by atoms with Crippen LogP contribution in [0.3, 0.4) is 0 Å². The van der Waals surface area contributed by atoms with Crippen LogP contribution >= 0.6 is 0 Å². The molecule has 0 amide bonds. The van der Waals surface area contributed by atoms with Crippen LogP contribution in [0.4, 0.5) is 119 Å². The predicted octanol–water partition coefficient (Wildman–Crippen LogP) is 6.93. The molecular formula is C17H9F27O6. The average Bonchev–Trinajstić information content (AvgIpc) is 2.83. The topological polar surface area (TPSA) is 88.4 Å². The summed E-state index contributed by atoms with van der Waals surface area (Å²) in [4.78, 5) is 0. The Morgan fingerprint density at radius 1 is 0.280 bits per heavy atom. The molecule has 0 rings (SSSR count). The van der Waals surface area contributed by atoms with Gasteiger partial charge in [-0.3, -0.25) is 14.2 Å². The molecule has 0 aliphatic heterocycles. The zero-order chi connectivity index (χ0) is 41.2. The second kappa shape index (κ2) is 12.8. The maximum Gasteiger partial charge on any atom is 0.459 e. The van der Waals surface area contributed by atoms with E-state index in [0.717, 1.165) is 0 Å². The summed E-state index contributed by atoms with van der Waals surface area (Å²) in [5, 5.41) is 25.2. The van der Waals surface area contributed by atoms with Crippen molar-refractivity contribution in [3.05, 3.63) is 0 Å². The Balaban J connectivity index is 8.72. The van der Waals surface area contributed by atoms with Crippen molar-refractivity contribution in [1.82, 2.24) is 0 Å². The van der Waals surface area contributed by atoms with Gasteiger partial charge in [0.2, 0.25) is 0 Å². The lowest BCUT2D eigenvalue weighted by molar-refractivity contribution is -0.596. The fourth-order valence-electron chi connectivity index (χ4n) is 3.06. The van der Waals surface area contributed by atoms with Crippen LogP contribution in [0.1, 0.15) is 0 Å². The van der Waals surface area contributed by atoms with Gasteiger partial charge in [-0.25, -0.2) is 13.2 Å². The molecule has 0 aromatic heterocycles. The molecule has 0 fully saturated rings. The second-order valence-corrected chi connectivity index (χ2v) is 8.98.